The Morgan fingerprint density at radius 1 is 1.11 bits per heavy atom. The van der Waals surface area contributed by atoms with Crippen LogP contribution in [0.15, 0.2) is 0 Å². The molecule has 0 heterocycles. The van der Waals surface area contributed by atoms with Crippen molar-refractivity contribution >= 4 is 5.91 Å². The summed E-state index contributed by atoms with van der Waals surface area (Å²) in [6, 6.07) is 0. The Balaban J connectivity index is 3.37. The number of unbranched alkanes of at least 4 members (excludes halogenated alkanes) is 4. The zero-order valence-electron chi connectivity index (χ0n) is 13.4. The van der Waals surface area contributed by atoms with E-state index in [9.17, 15) is 4.79 Å². The second-order valence-electron chi connectivity index (χ2n) is 5.71. The van der Waals surface area contributed by atoms with E-state index < -0.39 is 0 Å². The summed E-state index contributed by atoms with van der Waals surface area (Å²) in [5.41, 5.74) is 0. The third kappa shape index (κ3) is 12.2. The van der Waals surface area contributed by atoms with Crippen LogP contribution in [0.2, 0.25) is 0 Å². The third-order valence-electron chi connectivity index (χ3n) is 3.35. The monoisotopic (exact) mass is 271 g/mol. The first-order valence-electron chi connectivity index (χ1n) is 7.89. The van der Waals surface area contributed by atoms with Crippen LogP contribution in [0.25, 0.3) is 0 Å². The minimum atomic E-state index is 0.296. The van der Waals surface area contributed by atoms with Gasteiger partial charge in [0, 0.05) is 33.2 Å². The third-order valence-corrected chi connectivity index (χ3v) is 3.35. The smallest absolute Gasteiger partial charge is 0.222 e. The van der Waals surface area contributed by atoms with E-state index in [1.54, 1.807) is 0 Å². The van der Waals surface area contributed by atoms with Gasteiger partial charge in [-0.1, -0.05) is 33.1 Å². The molecule has 0 aromatic heterocycles. The fourth-order valence-corrected chi connectivity index (χ4v) is 1.96. The number of hydrogen-bond donors (Lipinski definition) is 0. The number of hydrogen-bond acceptors (Lipinski definition) is 2. The molecule has 0 aromatic carbocycles. The quantitative estimate of drug-likeness (QED) is 0.504. The number of amides is 1. The number of ether oxygens (including phenoxy) is 1. The van der Waals surface area contributed by atoms with Crippen molar-refractivity contribution in [1.29, 1.82) is 0 Å². The van der Waals surface area contributed by atoms with E-state index >= 15 is 0 Å². The van der Waals surface area contributed by atoms with Gasteiger partial charge >= 0.3 is 0 Å². The van der Waals surface area contributed by atoms with Crippen LogP contribution in [0.3, 0.4) is 0 Å². The predicted octanol–water partition coefficient (Wildman–Crippen LogP) is 3.87. The molecule has 0 saturated carbocycles. The molecule has 0 radical (unpaired) electrons. The number of rotatable bonds is 12. The van der Waals surface area contributed by atoms with Crippen molar-refractivity contribution in [3.8, 4) is 0 Å². The average Bonchev–Trinajstić information content (AvgIpc) is 2.38. The van der Waals surface area contributed by atoms with Crippen LogP contribution < -0.4 is 0 Å². The SMILES string of the molecule is CCOCCCCCCCN(C)C(=O)CCC(C)C. The van der Waals surface area contributed by atoms with Crippen LogP contribution in [-0.2, 0) is 9.53 Å². The molecule has 0 aliphatic rings. The Labute approximate surface area is 119 Å². The van der Waals surface area contributed by atoms with E-state index in [2.05, 4.69) is 13.8 Å². The summed E-state index contributed by atoms with van der Waals surface area (Å²) in [6.45, 7) is 8.98. The van der Waals surface area contributed by atoms with Crippen LogP contribution in [-0.4, -0.2) is 37.6 Å². The highest BCUT2D eigenvalue weighted by Crippen LogP contribution is 2.08. The van der Waals surface area contributed by atoms with Crippen molar-refractivity contribution in [2.45, 2.75) is 65.7 Å². The minimum absolute atomic E-state index is 0.296. The first-order valence-corrected chi connectivity index (χ1v) is 7.89. The van der Waals surface area contributed by atoms with E-state index in [0.717, 1.165) is 39.0 Å². The van der Waals surface area contributed by atoms with Crippen molar-refractivity contribution in [2.75, 3.05) is 26.8 Å². The van der Waals surface area contributed by atoms with Crippen LogP contribution in [0.4, 0.5) is 0 Å². The van der Waals surface area contributed by atoms with Crippen molar-refractivity contribution in [1.82, 2.24) is 4.90 Å². The molecule has 3 heteroatoms. The van der Waals surface area contributed by atoms with Crippen LogP contribution >= 0.6 is 0 Å². The molecule has 0 fully saturated rings. The van der Waals surface area contributed by atoms with Gasteiger partial charge in [-0.05, 0) is 32.1 Å². The van der Waals surface area contributed by atoms with Gasteiger partial charge in [-0.25, -0.2) is 0 Å². The molecule has 0 rings (SSSR count). The molecule has 0 bridgehead atoms. The Kier molecular flexibility index (Phi) is 12.1. The second-order valence-corrected chi connectivity index (χ2v) is 5.71. The van der Waals surface area contributed by atoms with Crippen molar-refractivity contribution < 1.29 is 9.53 Å². The Bertz CT molecular complexity index is 217. The van der Waals surface area contributed by atoms with Gasteiger partial charge in [0.1, 0.15) is 0 Å². The number of carbonyl (C=O) groups excluding carboxylic acids is 1. The maximum Gasteiger partial charge on any atom is 0.222 e. The Morgan fingerprint density at radius 3 is 2.37 bits per heavy atom. The van der Waals surface area contributed by atoms with E-state index in [1.807, 2.05) is 18.9 Å². The van der Waals surface area contributed by atoms with Gasteiger partial charge < -0.3 is 9.64 Å². The van der Waals surface area contributed by atoms with Gasteiger partial charge in [0.15, 0.2) is 0 Å². The zero-order valence-corrected chi connectivity index (χ0v) is 13.4. The number of nitrogens with zero attached hydrogens (tertiary/aromatic N) is 1. The molecule has 0 aromatic rings. The first-order chi connectivity index (χ1) is 9.07. The Morgan fingerprint density at radius 2 is 1.74 bits per heavy atom. The lowest BCUT2D eigenvalue weighted by Crippen LogP contribution is -2.27. The lowest BCUT2D eigenvalue weighted by Gasteiger charge is -2.17. The largest absolute Gasteiger partial charge is 0.382 e. The molecule has 0 saturated heterocycles. The van der Waals surface area contributed by atoms with Crippen molar-refractivity contribution in [3.63, 3.8) is 0 Å². The summed E-state index contributed by atoms with van der Waals surface area (Å²) in [5.74, 6) is 0.910. The standard InChI is InChI=1S/C16H33NO2/c1-5-19-14-10-8-6-7-9-13-17(4)16(18)12-11-15(2)3/h15H,5-14H2,1-4H3. The molecule has 0 aliphatic heterocycles. The summed E-state index contributed by atoms with van der Waals surface area (Å²) in [6.07, 6.45) is 7.69. The van der Waals surface area contributed by atoms with Gasteiger partial charge in [0.25, 0.3) is 0 Å². The fourth-order valence-electron chi connectivity index (χ4n) is 1.96. The number of carbonyl (C=O) groups is 1. The normalized spacial score (nSPS) is 11.0. The predicted molar refractivity (Wildman–Crippen MR) is 81.3 cm³/mol. The molecule has 3 nitrogen and oxygen atoms in total. The molecular weight excluding hydrogens is 238 g/mol. The highest BCUT2D eigenvalue weighted by atomic mass is 16.5. The van der Waals surface area contributed by atoms with Gasteiger partial charge in [-0.15, -0.1) is 0 Å². The summed E-state index contributed by atoms with van der Waals surface area (Å²) >= 11 is 0. The zero-order chi connectivity index (χ0) is 14.5. The second kappa shape index (κ2) is 12.5. The highest BCUT2D eigenvalue weighted by Gasteiger charge is 2.08. The lowest BCUT2D eigenvalue weighted by atomic mass is 10.1. The first kappa shape index (κ1) is 18.4. The summed E-state index contributed by atoms with van der Waals surface area (Å²) in [7, 11) is 1.93. The van der Waals surface area contributed by atoms with E-state index in [0.29, 0.717) is 18.2 Å². The summed E-state index contributed by atoms with van der Waals surface area (Å²) < 4.78 is 5.30. The maximum absolute atomic E-state index is 11.8. The van der Waals surface area contributed by atoms with E-state index in [1.165, 1.54) is 19.3 Å². The highest BCUT2D eigenvalue weighted by molar-refractivity contribution is 5.75. The van der Waals surface area contributed by atoms with Crippen LogP contribution in [0.1, 0.15) is 65.7 Å². The Hall–Kier alpha value is -0.570. The molecule has 114 valence electrons. The van der Waals surface area contributed by atoms with Crippen molar-refractivity contribution in [3.05, 3.63) is 0 Å². The molecule has 0 unspecified atom stereocenters. The molecule has 19 heavy (non-hydrogen) atoms. The fraction of sp³-hybridized carbons (Fsp3) is 0.938. The molecule has 0 spiro atoms. The van der Waals surface area contributed by atoms with Gasteiger partial charge in [-0.3, -0.25) is 4.79 Å². The van der Waals surface area contributed by atoms with Crippen molar-refractivity contribution in [2.24, 2.45) is 5.92 Å². The van der Waals surface area contributed by atoms with Crippen LogP contribution in [0, 0.1) is 5.92 Å². The summed E-state index contributed by atoms with van der Waals surface area (Å²) in [5, 5.41) is 0. The average molecular weight is 271 g/mol. The molecule has 1 amide bonds. The topological polar surface area (TPSA) is 29.5 Å². The van der Waals surface area contributed by atoms with Gasteiger partial charge in [0.05, 0.1) is 0 Å². The minimum Gasteiger partial charge on any atom is -0.382 e. The lowest BCUT2D eigenvalue weighted by molar-refractivity contribution is -0.130. The molecular formula is C16H33NO2. The van der Waals surface area contributed by atoms with Crippen LogP contribution in [0.5, 0.6) is 0 Å². The van der Waals surface area contributed by atoms with Gasteiger partial charge in [0.2, 0.25) is 5.91 Å². The molecule has 0 atom stereocenters. The molecule has 0 N–H and O–H groups in total. The summed E-state index contributed by atoms with van der Waals surface area (Å²) in [4.78, 5) is 13.7. The van der Waals surface area contributed by atoms with Gasteiger partial charge in [-0.2, -0.15) is 0 Å². The van der Waals surface area contributed by atoms with E-state index in [-0.39, 0.29) is 0 Å². The maximum atomic E-state index is 11.8. The van der Waals surface area contributed by atoms with E-state index in [4.69, 9.17) is 4.74 Å². The molecule has 0 aliphatic carbocycles.